The molecular weight excluding hydrogens is 410 g/mol. The fraction of sp³-hybridized carbons (Fsp3) is 0.333. The summed E-state index contributed by atoms with van der Waals surface area (Å²) in [5, 5.41) is 10.4. The second kappa shape index (κ2) is 7.87. The van der Waals surface area contributed by atoms with Crippen molar-refractivity contribution in [3.63, 3.8) is 0 Å². The van der Waals surface area contributed by atoms with Crippen molar-refractivity contribution in [2.45, 2.75) is 18.5 Å². The highest BCUT2D eigenvalue weighted by Gasteiger charge is 2.48. The second-order valence-corrected chi connectivity index (χ2v) is 8.08. The number of aliphatic hydroxyl groups is 1. The van der Waals surface area contributed by atoms with E-state index in [1.807, 2.05) is 36.4 Å². The molecule has 0 radical (unpaired) electrons. The van der Waals surface area contributed by atoms with Gasteiger partial charge in [-0.05, 0) is 23.8 Å². The van der Waals surface area contributed by atoms with Crippen molar-refractivity contribution >= 4 is 22.7 Å². The molecule has 8 nitrogen and oxygen atoms in total. The van der Waals surface area contributed by atoms with Crippen LogP contribution in [0.15, 0.2) is 42.5 Å². The molecule has 0 saturated carbocycles. The van der Waals surface area contributed by atoms with Crippen LogP contribution < -0.4 is 9.47 Å². The number of hydrogen-bond acceptors (Lipinski definition) is 5. The normalized spacial score (nSPS) is 20.3. The van der Waals surface area contributed by atoms with Crippen molar-refractivity contribution in [2.75, 3.05) is 33.9 Å². The number of para-hydroxylation sites is 1. The Balaban J connectivity index is 1.73. The Bertz CT molecular complexity index is 1200. The first-order valence-electron chi connectivity index (χ1n) is 10.6. The van der Waals surface area contributed by atoms with Gasteiger partial charge in [-0.2, -0.15) is 0 Å². The molecule has 0 bridgehead atoms. The highest BCUT2D eigenvalue weighted by atomic mass is 16.5. The molecule has 0 unspecified atom stereocenters. The number of aliphatic hydroxyl groups excluding tert-OH is 1. The van der Waals surface area contributed by atoms with Crippen molar-refractivity contribution in [3.05, 3.63) is 59.3 Å². The molecule has 2 amide bonds. The molecular formula is C24H25N3O5. The number of amides is 2. The number of aromatic nitrogens is 1. The molecule has 0 spiro atoms. The van der Waals surface area contributed by atoms with Crippen LogP contribution in [0.25, 0.3) is 10.9 Å². The number of H-pyrrole nitrogens is 1. The summed E-state index contributed by atoms with van der Waals surface area (Å²) >= 11 is 0. The van der Waals surface area contributed by atoms with E-state index in [1.54, 1.807) is 25.2 Å². The number of β-amino-alcohol motifs (C(OH)–C–C–N with tert-alkyl or cyclic N) is 1. The zero-order chi connectivity index (χ0) is 22.4. The van der Waals surface area contributed by atoms with E-state index >= 15 is 0 Å². The van der Waals surface area contributed by atoms with E-state index in [0.717, 1.165) is 27.7 Å². The molecule has 2 N–H and O–H groups in total. The lowest BCUT2D eigenvalue weighted by molar-refractivity contribution is -0.159. The number of aromatic amines is 1. The van der Waals surface area contributed by atoms with Crippen LogP contribution in [0.5, 0.6) is 11.5 Å². The van der Waals surface area contributed by atoms with Crippen LogP contribution >= 0.6 is 0 Å². The number of fused-ring (bicyclic) bond motifs is 4. The number of benzene rings is 2. The van der Waals surface area contributed by atoms with Crippen LogP contribution in [0.1, 0.15) is 22.9 Å². The van der Waals surface area contributed by atoms with Crippen LogP contribution in [0.3, 0.4) is 0 Å². The highest BCUT2D eigenvalue weighted by Crippen LogP contribution is 2.45. The standard InChI is InChI=1S/C24H25N3O5/c1-31-14-7-8-16(20(11-14)32-2)23-22-17(15-5-3-4-6-18(15)25-22)12-19-24(30)26(9-10-28)13-21(29)27(19)23/h3-8,11,19,23,25,28H,9-10,12-13H2,1-2H3/t19-,23+/m0/s1. The van der Waals surface area contributed by atoms with Gasteiger partial charge in [-0.3, -0.25) is 9.59 Å². The van der Waals surface area contributed by atoms with Crippen LogP contribution in [0, 0.1) is 0 Å². The molecule has 3 heterocycles. The van der Waals surface area contributed by atoms with E-state index in [2.05, 4.69) is 4.98 Å². The minimum absolute atomic E-state index is 0.0551. The first-order valence-corrected chi connectivity index (χ1v) is 10.6. The average molecular weight is 435 g/mol. The lowest BCUT2D eigenvalue weighted by Crippen LogP contribution is -2.63. The third kappa shape index (κ3) is 3.02. The lowest BCUT2D eigenvalue weighted by atomic mass is 9.86. The van der Waals surface area contributed by atoms with Gasteiger partial charge in [-0.15, -0.1) is 0 Å². The highest BCUT2D eigenvalue weighted by molar-refractivity contribution is 5.97. The molecule has 5 rings (SSSR count). The number of nitrogens with zero attached hydrogens (tertiary/aromatic N) is 2. The predicted molar refractivity (Wildman–Crippen MR) is 118 cm³/mol. The Morgan fingerprint density at radius 2 is 1.94 bits per heavy atom. The smallest absolute Gasteiger partial charge is 0.246 e. The van der Waals surface area contributed by atoms with Crippen LogP contribution in [-0.2, 0) is 16.0 Å². The molecule has 0 aliphatic carbocycles. The molecule has 2 aromatic carbocycles. The topological polar surface area (TPSA) is 95.1 Å². The number of carbonyl (C=O) groups is 2. The third-order valence-corrected chi connectivity index (χ3v) is 6.45. The van der Waals surface area contributed by atoms with E-state index in [-0.39, 0.29) is 31.5 Å². The van der Waals surface area contributed by atoms with Crippen molar-refractivity contribution < 1.29 is 24.2 Å². The van der Waals surface area contributed by atoms with Crippen LogP contribution in [0.4, 0.5) is 0 Å². The Labute approximate surface area is 185 Å². The first-order chi connectivity index (χ1) is 15.6. The number of nitrogens with one attached hydrogen (secondary N) is 1. The number of ether oxygens (including phenoxy) is 2. The Morgan fingerprint density at radius 1 is 1.12 bits per heavy atom. The molecule has 2 aliphatic heterocycles. The molecule has 3 aromatic rings. The summed E-state index contributed by atoms with van der Waals surface area (Å²) in [5.74, 6) is 0.921. The molecule has 2 atom stereocenters. The van der Waals surface area contributed by atoms with E-state index in [1.165, 1.54) is 4.90 Å². The van der Waals surface area contributed by atoms with Crippen molar-refractivity contribution in [1.82, 2.24) is 14.8 Å². The van der Waals surface area contributed by atoms with Gasteiger partial charge < -0.3 is 29.4 Å². The Kier molecular flexibility index (Phi) is 5.01. The van der Waals surface area contributed by atoms with Crippen LogP contribution in [-0.4, -0.2) is 71.7 Å². The zero-order valence-corrected chi connectivity index (χ0v) is 18.0. The summed E-state index contributed by atoms with van der Waals surface area (Å²) < 4.78 is 11.0. The van der Waals surface area contributed by atoms with E-state index in [0.29, 0.717) is 17.9 Å². The number of rotatable bonds is 5. The zero-order valence-electron chi connectivity index (χ0n) is 18.0. The Hall–Kier alpha value is -3.52. The van der Waals surface area contributed by atoms with E-state index in [4.69, 9.17) is 9.47 Å². The molecule has 1 fully saturated rings. The summed E-state index contributed by atoms with van der Waals surface area (Å²) in [4.78, 5) is 33.3. The van der Waals surface area contributed by atoms with Crippen molar-refractivity contribution in [1.29, 1.82) is 0 Å². The average Bonchev–Trinajstić information content (AvgIpc) is 3.19. The summed E-state index contributed by atoms with van der Waals surface area (Å²) in [6, 6.07) is 12.3. The second-order valence-electron chi connectivity index (χ2n) is 8.08. The van der Waals surface area contributed by atoms with E-state index in [9.17, 15) is 14.7 Å². The summed E-state index contributed by atoms with van der Waals surface area (Å²) in [6.07, 6.45) is 0.417. The first kappa shape index (κ1) is 20.4. The Morgan fingerprint density at radius 3 is 2.69 bits per heavy atom. The van der Waals surface area contributed by atoms with Gasteiger partial charge in [0.05, 0.1) is 27.4 Å². The summed E-state index contributed by atoms with van der Waals surface area (Å²) in [5.41, 5.74) is 3.66. The lowest BCUT2D eigenvalue weighted by Gasteiger charge is -2.47. The molecule has 8 heteroatoms. The van der Waals surface area contributed by atoms with Crippen molar-refractivity contribution in [2.24, 2.45) is 0 Å². The fourth-order valence-corrected chi connectivity index (χ4v) is 5.00. The van der Waals surface area contributed by atoms with Gasteiger partial charge in [0.1, 0.15) is 23.6 Å². The van der Waals surface area contributed by atoms with Gasteiger partial charge in [0, 0.05) is 41.2 Å². The minimum atomic E-state index is -0.647. The summed E-state index contributed by atoms with van der Waals surface area (Å²) in [6.45, 7) is -0.0909. The maximum absolute atomic E-state index is 13.4. The van der Waals surface area contributed by atoms with Gasteiger partial charge in [-0.1, -0.05) is 18.2 Å². The van der Waals surface area contributed by atoms with Gasteiger partial charge >= 0.3 is 0 Å². The van der Waals surface area contributed by atoms with E-state index < -0.39 is 12.1 Å². The van der Waals surface area contributed by atoms with Gasteiger partial charge in [0.25, 0.3) is 0 Å². The van der Waals surface area contributed by atoms with Gasteiger partial charge in [0.2, 0.25) is 11.8 Å². The summed E-state index contributed by atoms with van der Waals surface area (Å²) in [7, 11) is 3.17. The number of hydrogen-bond donors (Lipinski definition) is 2. The predicted octanol–water partition coefficient (Wildman–Crippen LogP) is 1.86. The van der Waals surface area contributed by atoms with Gasteiger partial charge in [-0.25, -0.2) is 0 Å². The van der Waals surface area contributed by atoms with Crippen LogP contribution in [0.2, 0.25) is 0 Å². The van der Waals surface area contributed by atoms with Gasteiger partial charge in [0.15, 0.2) is 0 Å². The number of piperazine rings is 1. The number of methoxy groups -OCH3 is 2. The number of carbonyl (C=O) groups excluding carboxylic acids is 2. The maximum atomic E-state index is 13.4. The molecule has 1 aromatic heterocycles. The molecule has 166 valence electrons. The maximum Gasteiger partial charge on any atom is 0.246 e. The quantitative estimate of drug-likeness (QED) is 0.638. The SMILES string of the molecule is COc1ccc([C@@H]2c3[nH]c4ccccc4c3C[C@H]3C(=O)N(CCO)CC(=O)N23)c(OC)c1. The minimum Gasteiger partial charge on any atom is -0.497 e. The third-order valence-electron chi connectivity index (χ3n) is 6.45. The fourth-order valence-electron chi connectivity index (χ4n) is 5.00. The largest absolute Gasteiger partial charge is 0.497 e. The molecule has 1 saturated heterocycles. The van der Waals surface area contributed by atoms with Crippen molar-refractivity contribution in [3.8, 4) is 11.5 Å². The molecule has 2 aliphatic rings. The monoisotopic (exact) mass is 435 g/mol. The molecule has 32 heavy (non-hydrogen) atoms.